The van der Waals surface area contributed by atoms with Crippen molar-refractivity contribution in [3.05, 3.63) is 198 Å². The molecule has 14 rings (SSSR count). The maximum atomic E-state index is 14.6. The van der Waals surface area contributed by atoms with E-state index in [2.05, 4.69) is 74.3 Å². The van der Waals surface area contributed by atoms with Crippen LogP contribution in [0.2, 0.25) is 0 Å². The Morgan fingerprint density at radius 3 is 1.24 bits per heavy atom. The van der Waals surface area contributed by atoms with Crippen LogP contribution in [-0.2, 0) is 98.9 Å². The number of methoxy groups -OCH3 is 7. The van der Waals surface area contributed by atoms with Gasteiger partial charge in [-0.1, -0.05) is 0 Å². The van der Waals surface area contributed by atoms with Gasteiger partial charge in [-0.25, -0.2) is 46.5 Å². The summed E-state index contributed by atoms with van der Waals surface area (Å²) in [5.41, 5.74) is 2.20. The number of benzene rings is 5. The number of nitrogens with zero attached hydrogens (tertiary/aromatic N) is 7. The smallest absolute Gasteiger partial charge is 1.00 e. The van der Waals surface area contributed by atoms with Gasteiger partial charge >= 0.3 is 65.6 Å². The second kappa shape index (κ2) is 59.3. The number of hydrogen-bond donors (Lipinski definition) is 6. The summed E-state index contributed by atoms with van der Waals surface area (Å²) in [6.45, 7) is 18.7. The average Bonchev–Trinajstić information content (AvgIpc) is 1.59. The number of nitriles is 1. The van der Waals surface area contributed by atoms with E-state index in [1.807, 2.05) is 47.6 Å². The third kappa shape index (κ3) is 40.1. The molecule has 5 aromatic heterocycles. The monoisotopic (exact) mass is 2140 g/mol. The molecule has 49 heteroatoms. The molecule has 2 atom stereocenters. The quantitative estimate of drug-likeness (QED) is 0.0105. The van der Waals surface area contributed by atoms with E-state index in [0.29, 0.717) is 74.9 Å². The summed E-state index contributed by atoms with van der Waals surface area (Å²) < 4.78 is 187. The topological polar surface area (TPSA) is 513 Å². The summed E-state index contributed by atoms with van der Waals surface area (Å²) in [6.07, 6.45) is 4.89. The fourth-order valence-electron chi connectivity index (χ4n) is 14.3. The zero-order valence-corrected chi connectivity index (χ0v) is 88.6. The predicted molar refractivity (Wildman–Crippen MR) is 523 cm³/mol. The van der Waals surface area contributed by atoms with Crippen molar-refractivity contribution in [3.63, 3.8) is 0 Å². The van der Waals surface area contributed by atoms with Crippen molar-refractivity contribution in [1.29, 1.82) is 5.26 Å². The largest absolute Gasteiger partial charge is 1.00 e. The molecule has 5 aromatic carbocycles. The summed E-state index contributed by atoms with van der Waals surface area (Å²) >= 11 is 3.15. The second-order valence-corrected chi connectivity index (χ2v) is 38.9. The number of rotatable bonds is 20. The number of likely N-dealkylation sites (tertiary alicyclic amines) is 1. The number of carbonyl (C=O) groups excluding carboxylic acids is 6. The van der Waals surface area contributed by atoms with Gasteiger partial charge < -0.3 is 89.4 Å². The van der Waals surface area contributed by atoms with E-state index in [-0.39, 0.29) is 154 Å². The molecule has 0 spiro atoms. The van der Waals surface area contributed by atoms with E-state index in [1.54, 1.807) is 90.4 Å². The van der Waals surface area contributed by atoms with Crippen LogP contribution < -0.4 is 70.8 Å². The van der Waals surface area contributed by atoms with Crippen molar-refractivity contribution < 1.29 is 173 Å². The van der Waals surface area contributed by atoms with Crippen LogP contribution in [0.3, 0.4) is 0 Å². The molecule has 2 unspecified atom stereocenters. The zero-order chi connectivity index (χ0) is 106. The second-order valence-electron chi connectivity index (χ2n) is 33.1. The van der Waals surface area contributed by atoms with E-state index >= 15 is 0 Å². The molecule has 9 heterocycles. The molecule has 4 aliphatic rings. The Kier molecular flexibility index (Phi) is 52.2. The van der Waals surface area contributed by atoms with Crippen molar-refractivity contribution in [3.8, 4) is 23.7 Å². The molecular formula is C94H119BBrF5N10NaO28S3. The van der Waals surface area contributed by atoms with E-state index in [4.69, 9.17) is 38.2 Å². The van der Waals surface area contributed by atoms with Crippen LogP contribution >= 0.6 is 15.9 Å². The number of alkyl carbamates (subject to hydrolysis) is 2. The summed E-state index contributed by atoms with van der Waals surface area (Å²) in [6, 6.07) is 33.6. The van der Waals surface area contributed by atoms with Gasteiger partial charge in [-0.15, -0.1) is 3.63 Å². The van der Waals surface area contributed by atoms with Gasteiger partial charge in [0.15, 0.2) is 5.92 Å². The molecule has 2 fully saturated rings. The zero-order valence-electron chi connectivity index (χ0n) is 83.6. The van der Waals surface area contributed by atoms with Crippen molar-refractivity contribution in [2.75, 3.05) is 128 Å². The van der Waals surface area contributed by atoms with E-state index in [0.717, 1.165) is 105 Å². The summed E-state index contributed by atoms with van der Waals surface area (Å²) in [4.78, 5) is 107. The van der Waals surface area contributed by atoms with Crippen molar-refractivity contribution in [2.24, 2.45) is 0 Å². The SMILES string of the molecule is CC#N.CC(C)(C)OC(=O)NC1CCN(CC2Cn3c(=O)ccc4ccc(F)c2c43)CC1.CC(C)(C)OC(=O)NC1CCNCC1.CCO.COC(=O)C(C(=O)OC)c1c(F)ccc2ccc(OC)nc12.COC(=O)CC(=O)OC.COc1ccc2ccc(F)c(Br)c2n1.COc1ccc2ccc(F)c(C(CO)CO)c2n1.CS(=O)(=O)OCC1Cn2c(=O)ccc3ccc(F)c1c32.CS(=O)(=O)OS(C)(=O)=O.[B].[H-].[Na+]. The van der Waals surface area contributed by atoms with Gasteiger partial charge in [0.05, 0.1) is 126 Å². The molecule has 3 radical (unpaired) electrons. The van der Waals surface area contributed by atoms with Gasteiger partial charge in [0.1, 0.15) is 46.7 Å². The number of aliphatic hydroxyl groups is 3. The first kappa shape index (κ1) is 126. The van der Waals surface area contributed by atoms with Gasteiger partial charge in [-0.2, -0.15) is 30.5 Å². The number of nitrogens with one attached hydrogen (secondary N) is 3. The Morgan fingerprint density at radius 1 is 0.524 bits per heavy atom. The minimum absolute atomic E-state index is 0. The fourth-order valence-corrected chi connectivity index (χ4v) is 16.9. The Balaban J connectivity index is 0.000000563. The van der Waals surface area contributed by atoms with E-state index in [9.17, 15) is 95.8 Å². The molecule has 38 nitrogen and oxygen atoms in total. The number of carbonyl (C=O) groups is 6. The maximum Gasteiger partial charge on any atom is 1.00 e. The number of amides is 2. The molecule has 2 saturated heterocycles. The van der Waals surface area contributed by atoms with Crippen molar-refractivity contribution in [2.45, 2.75) is 148 Å². The first-order valence-corrected chi connectivity index (χ1v) is 49.5. The molecule has 4 aliphatic heterocycles. The van der Waals surface area contributed by atoms with E-state index < -0.39 is 101 Å². The van der Waals surface area contributed by atoms with Gasteiger partial charge in [-0.3, -0.25) is 33.0 Å². The molecule has 777 valence electrons. The minimum Gasteiger partial charge on any atom is -1.00 e. The molecule has 10 aromatic rings. The van der Waals surface area contributed by atoms with Gasteiger partial charge in [0.2, 0.25) is 17.6 Å². The number of piperidine rings is 2. The number of esters is 4. The maximum absolute atomic E-state index is 14.6. The van der Waals surface area contributed by atoms with Gasteiger partial charge in [-0.05, 0) is 205 Å². The molecule has 0 saturated carbocycles. The molecule has 0 bridgehead atoms. The standard InChI is InChI=1S/C22H28FN3O3.C15H14FNO5.C13H12FNO4S.C13H14FNO3.C10H7BrFNO.C10H20N2O2.C5H8O4.C2H3N.C2H6O5S2.C2H6O.B.Na.H/c1-22(2,3)29-21(28)24-16-8-10-25(11-9-16)12-15-13-26-18(27)7-5-14-4-6-17(23)19(15)20(14)26;1-20-10-7-5-8-4-6-9(16)11(13(8)17-10)12(14(18)21-2)15(19)22-3;1-20(17,18)19-7-9-6-15-11(16)5-3-8-2-4-10(14)12(9)13(8)15;1-18-11-5-3-8-2-4-10(14)12(13(8)15-11)9(6-16)7-17;1-14-8-5-3-6-2-4-7(12)9(11)10(6)13-8;1-10(2,3)14-9(13)12-8-4-6-11-7-5-8;1-8-4(6)3-5(7)9-2;1-2-3;1-8(3,4)7-9(2,5)6;1-2-3;;;/h4-7,15-16H,8-13H2,1-3H3,(H,24,28);4-7,12H,1-3H3;2-5,9H,6-7H2,1H3;2-5,9,16-17H,6-7H2,1H3;2-5H,1H3;8,11H,4-7H2,1-3H3,(H,12,13);3H2,1-2H3;1H3;1-2H3;3H,2H2,1H3;;;/q;;;;;;;;;;;+1;-1. The molecule has 6 N–H and O–H groups in total. The number of fused-ring (bicyclic) bond motifs is 3. The number of halogens is 6. The molecule has 2 amide bonds. The summed E-state index contributed by atoms with van der Waals surface area (Å²) in [5.74, 6) is -6.96. The first-order chi connectivity index (χ1) is 66.2. The average molecular weight is 2140 g/mol. The Bertz CT molecular complexity index is 6480. The van der Waals surface area contributed by atoms with Crippen LogP contribution in [0.25, 0.3) is 54.5 Å². The molecule has 143 heavy (non-hydrogen) atoms. The van der Waals surface area contributed by atoms with Crippen LogP contribution in [0.15, 0.2) is 135 Å². The van der Waals surface area contributed by atoms with Crippen LogP contribution in [0.4, 0.5) is 31.5 Å². The van der Waals surface area contributed by atoms with Crippen LogP contribution in [-0.4, -0.2) is 265 Å². The molecular weight excluding hydrogens is 2020 g/mol. The number of ether oxygens (including phenoxy) is 9. The predicted octanol–water partition coefficient (Wildman–Crippen LogP) is 8.02. The summed E-state index contributed by atoms with van der Waals surface area (Å²) in [5, 5.41) is 46.2. The van der Waals surface area contributed by atoms with Crippen LogP contribution in [0.5, 0.6) is 17.6 Å². The van der Waals surface area contributed by atoms with Crippen LogP contribution in [0, 0.1) is 40.4 Å². The number of aliphatic hydroxyl groups excluding tert-OH is 3. The molecule has 0 aliphatic carbocycles. The fraction of sp³-hybridized carbons (Fsp3) is 0.447. The number of pyridine rings is 5. The third-order valence-electron chi connectivity index (χ3n) is 20.2. The Hall–Kier alpha value is -11.2. The van der Waals surface area contributed by atoms with Gasteiger partial charge in [0, 0.05) is 153 Å². The van der Waals surface area contributed by atoms with Crippen LogP contribution in [0.1, 0.15) is 135 Å². The first-order valence-electron chi connectivity index (χ1n) is 43.2. The minimum atomic E-state index is -3.87. The normalized spacial score (nSPS) is 14.1. The Labute approximate surface area is 859 Å². The number of aromatic nitrogens is 5. The van der Waals surface area contributed by atoms with E-state index in [1.165, 1.54) is 83.4 Å². The summed E-state index contributed by atoms with van der Waals surface area (Å²) in [7, 11) is -2.29. The number of hydrogen-bond acceptors (Lipinski definition) is 34. The Morgan fingerprint density at radius 2 is 0.867 bits per heavy atom. The van der Waals surface area contributed by atoms with Crippen molar-refractivity contribution >= 4 is 145 Å². The van der Waals surface area contributed by atoms with Crippen molar-refractivity contribution in [1.82, 2.24) is 44.9 Å². The third-order valence-corrected chi connectivity index (χ3v) is 23.5. The van der Waals surface area contributed by atoms with Gasteiger partial charge in [0.25, 0.3) is 41.5 Å².